The van der Waals surface area contributed by atoms with Gasteiger partial charge >= 0.3 is 9.28 Å². The molecule has 0 heterocycles. The van der Waals surface area contributed by atoms with Crippen molar-refractivity contribution >= 4 is 33.7 Å². The monoisotopic (exact) mass is 289 g/mol. The van der Waals surface area contributed by atoms with Gasteiger partial charge in [0.2, 0.25) is 9.76 Å². The van der Waals surface area contributed by atoms with Crippen molar-refractivity contribution in [3.8, 4) is 0 Å². The third kappa shape index (κ3) is 14.2. The van der Waals surface area contributed by atoms with Gasteiger partial charge in [-0.05, 0) is 38.7 Å². The van der Waals surface area contributed by atoms with Crippen LogP contribution in [0.3, 0.4) is 0 Å². The van der Waals surface area contributed by atoms with Crippen molar-refractivity contribution in [2.75, 3.05) is 0 Å². The zero-order chi connectivity index (χ0) is 13.1. The van der Waals surface area contributed by atoms with E-state index in [0.717, 1.165) is 18.8 Å². The van der Waals surface area contributed by atoms with Crippen molar-refractivity contribution in [2.24, 2.45) is 0 Å². The molecule has 0 aliphatic heterocycles. The summed E-state index contributed by atoms with van der Waals surface area (Å²) in [5.41, 5.74) is 0. The molecule has 0 amide bonds. The molecule has 3 radical (unpaired) electrons. The lowest BCUT2D eigenvalue weighted by Gasteiger charge is -2.21. The lowest BCUT2D eigenvalue weighted by Crippen LogP contribution is -2.35. The van der Waals surface area contributed by atoms with Crippen molar-refractivity contribution in [3.05, 3.63) is 0 Å². The van der Waals surface area contributed by atoms with Gasteiger partial charge in [0, 0.05) is 6.42 Å². The van der Waals surface area contributed by atoms with Crippen LogP contribution >= 0.6 is 0 Å². The molecule has 0 aromatic heterocycles. The molecule has 0 aromatic rings. The standard InChI is InChI=1S/C11H25O3Si3/c1-16(14-17(2,3)4)13-15-11-9-7-5-6-8-10-12/h10H,5-9,11H2,1-4H3. The molecular weight excluding hydrogens is 264 g/mol. The van der Waals surface area contributed by atoms with E-state index in [1.54, 1.807) is 0 Å². The average Bonchev–Trinajstić information content (AvgIpc) is 2.19. The average molecular weight is 290 g/mol. The molecule has 0 saturated heterocycles. The molecule has 0 aliphatic rings. The Balaban J connectivity index is 3.25. The minimum atomic E-state index is -1.42. The van der Waals surface area contributed by atoms with Gasteiger partial charge in [0.25, 0.3) is 0 Å². The molecule has 17 heavy (non-hydrogen) atoms. The van der Waals surface area contributed by atoms with Crippen LogP contribution in [0.25, 0.3) is 0 Å². The van der Waals surface area contributed by atoms with Gasteiger partial charge in [-0.3, -0.25) is 0 Å². The van der Waals surface area contributed by atoms with Crippen LogP contribution in [-0.4, -0.2) is 33.7 Å². The van der Waals surface area contributed by atoms with Crippen LogP contribution in [0.2, 0.25) is 32.2 Å². The first-order valence-electron chi connectivity index (χ1n) is 6.31. The summed E-state index contributed by atoms with van der Waals surface area (Å²) in [7, 11) is -1.86. The summed E-state index contributed by atoms with van der Waals surface area (Å²) < 4.78 is 11.6. The quantitative estimate of drug-likeness (QED) is 0.333. The zero-order valence-corrected chi connectivity index (χ0v) is 14.5. The first-order valence-corrected chi connectivity index (χ1v) is 12.7. The fourth-order valence-corrected chi connectivity index (χ4v) is 6.99. The molecule has 0 bridgehead atoms. The minimum Gasteiger partial charge on any atom is -0.436 e. The van der Waals surface area contributed by atoms with Crippen LogP contribution in [0.4, 0.5) is 0 Å². The highest BCUT2D eigenvalue weighted by molar-refractivity contribution is 6.76. The van der Waals surface area contributed by atoms with Gasteiger partial charge in [-0.1, -0.05) is 19.3 Å². The van der Waals surface area contributed by atoms with E-state index in [2.05, 4.69) is 26.2 Å². The highest BCUT2D eigenvalue weighted by Crippen LogP contribution is 2.07. The predicted octanol–water partition coefficient (Wildman–Crippen LogP) is 3.16. The summed E-state index contributed by atoms with van der Waals surface area (Å²) in [6, 6.07) is 1.14. The fraction of sp³-hybridized carbons (Fsp3) is 0.909. The number of aldehydes is 1. The highest BCUT2D eigenvalue weighted by Gasteiger charge is 2.20. The van der Waals surface area contributed by atoms with E-state index in [4.69, 9.17) is 8.23 Å². The van der Waals surface area contributed by atoms with E-state index in [9.17, 15) is 4.79 Å². The maximum atomic E-state index is 10.1. The Morgan fingerprint density at radius 2 is 1.82 bits per heavy atom. The molecule has 0 rings (SSSR count). The molecule has 0 unspecified atom stereocenters. The van der Waals surface area contributed by atoms with Gasteiger partial charge in [-0.2, -0.15) is 0 Å². The first-order chi connectivity index (χ1) is 7.95. The van der Waals surface area contributed by atoms with Crippen LogP contribution < -0.4 is 0 Å². The van der Waals surface area contributed by atoms with Crippen LogP contribution in [0.1, 0.15) is 32.1 Å². The SMILES string of the molecule is C[Si](O[Si]CCCCCCC=O)O[Si](C)(C)C. The molecule has 0 fully saturated rings. The molecule has 6 heteroatoms. The summed E-state index contributed by atoms with van der Waals surface area (Å²) in [6.45, 7) is 8.67. The highest BCUT2D eigenvalue weighted by atomic mass is 28.4. The Morgan fingerprint density at radius 3 is 2.41 bits per heavy atom. The number of carbonyl (C=O) groups excluding carboxylic acids is 1. The van der Waals surface area contributed by atoms with E-state index in [1.807, 2.05) is 0 Å². The molecule has 0 N–H and O–H groups in total. The number of hydrogen-bond acceptors (Lipinski definition) is 3. The summed E-state index contributed by atoms with van der Waals surface area (Å²) in [5.74, 6) is 0. The second-order valence-electron chi connectivity index (χ2n) is 5.07. The van der Waals surface area contributed by atoms with Gasteiger partial charge in [0.15, 0.2) is 8.32 Å². The smallest absolute Gasteiger partial charge is 0.359 e. The molecule has 3 nitrogen and oxygen atoms in total. The number of hydrogen-bond donors (Lipinski definition) is 0. The number of carbonyl (C=O) groups is 1. The van der Waals surface area contributed by atoms with Crippen LogP contribution in [0, 0.1) is 0 Å². The third-order valence-corrected chi connectivity index (χ3v) is 7.90. The largest absolute Gasteiger partial charge is 0.436 e. The van der Waals surface area contributed by atoms with Crippen LogP contribution in [0.15, 0.2) is 0 Å². The third-order valence-electron chi connectivity index (χ3n) is 2.02. The minimum absolute atomic E-state index is 0.584. The Labute approximate surface area is 111 Å². The summed E-state index contributed by atoms with van der Waals surface area (Å²) in [5, 5.41) is 0. The van der Waals surface area contributed by atoms with E-state index < -0.39 is 17.6 Å². The fourth-order valence-electron chi connectivity index (χ4n) is 1.38. The van der Waals surface area contributed by atoms with Crippen LogP contribution in [-0.2, 0) is 13.0 Å². The normalized spacial score (nSPS) is 12.1. The maximum Gasteiger partial charge on any atom is 0.359 e. The Hall–Kier alpha value is 0.241. The molecule has 99 valence electrons. The van der Waals surface area contributed by atoms with Gasteiger partial charge in [0.05, 0.1) is 0 Å². The second kappa shape index (κ2) is 10.2. The van der Waals surface area contributed by atoms with Gasteiger partial charge in [0.1, 0.15) is 6.29 Å². The van der Waals surface area contributed by atoms with Gasteiger partial charge in [-0.25, -0.2) is 0 Å². The molecular formula is C11H25O3Si3. The lowest BCUT2D eigenvalue weighted by molar-refractivity contribution is -0.107. The molecule has 0 atom stereocenters. The first kappa shape index (κ1) is 17.2. The molecule has 0 aromatic carbocycles. The topological polar surface area (TPSA) is 35.5 Å². The molecule has 0 spiro atoms. The van der Waals surface area contributed by atoms with Crippen molar-refractivity contribution in [2.45, 2.75) is 64.3 Å². The van der Waals surface area contributed by atoms with Gasteiger partial charge < -0.3 is 13.0 Å². The Bertz CT molecular complexity index is 195. The van der Waals surface area contributed by atoms with E-state index in [0.29, 0.717) is 16.2 Å². The number of rotatable bonds is 11. The lowest BCUT2D eigenvalue weighted by atomic mass is 10.2. The van der Waals surface area contributed by atoms with E-state index in [1.165, 1.54) is 19.3 Å². The second-order valence-corrected chi connectivity index (χ2v) is 12.7. The number of unbranched alkanes of at least 4 members (excludes halogenated alkanes) is 4. The van der Waals surface area contributed by atoms with Crippen molar-refractivity contribution in [1.29, 1.82) is 0 Å². The summed E-state index contributed by atoms with van der Waals surface area (Å²) in [6.07, 6.45) is 6.34. The Kier molecular flexibility index (Phi) is 10.3. The van der Waals surface area contributed by atoms with Crippen molar-refractivity contribution in [1.82, 2.24) is 0 Å². The van der Waals surface area contributed by atoms with Crippen LogP contribution in [0.5, 0.6) is 0 Å². The zero-order valence-electron chi connectivity index (χ0n) is 11.5. The van der Waals surface area contributed by atoms with E-state index in [-0.39, 0.29) is 0 Å². The maximum absolute atomic E-state index is 10.1. The Morgan fingerprint density at radius 1 is 1.18 bits per heavy atom. The van der Waals surface area contributed by atoms with Gasteiger partial charge in [-0.15, -0.1) is 0 Å². The van der Waals surface area contributed by atoms with Crippen molar-refractivity contribution < 1.29 is 13.0 Å². The van der Waals surface area contributed by atoms with Crippen molar-refractivity contribution in [3.63, 3.8) is 0 Å². The summed E-state index contributed by atoms with van der Waals surface area (Å²) in [4.78, 5) is 10.1. The molecule has 0 saturated carbocycles. The molecule has 0 aliphatic carbocycles. The summed E-state index contributed by atoms with van der Waals surface area (Å²) >= 11 is 0. The van der Waals surface area contributed by atoms with E-state index >= 15 is 0 Å². The predicted molar refractivity (Wildman–Crippen MR) is 76.8 cm³/mol.